The van der Waals surface area contributed by atoms with E-state index in [9.17, 15) is 5.26 Å². The van der Waals surface area contributed by atoms with Gasteiger partial charge in [0.2, 0.25) is 0 Å². The molecule has 1 aromatic carbocycles. The van der Waals surface area contributed by atoms with Gasteiger partial charge < -0.3 is 5.73 Å². The van der Waals surface area contributed by atoms with Crippen LogP contribution in [0.5, 0.6) is 0 Å². The Balaban J connectivity index is 1.98. The van der Waals surface area contributed by atoms with Crippen LogP contribution >= 0.6 is 11.3 Å². The number of anilines is 1. The minimum absolute atomic E-state index is 0.0634. The summed E-state index contributed by atoms with van der Waals surface area (Å²) in [5.74, 6) is 0. The maximum Gasteiger partial charge on any atom is 0.105 e. The monoisotopic (exact) mass is 320 g/mol. The largest absolute Gasteiger partial charge is 0.389 e. The maximum absolute atomic E-state index is 9.53. The summed E-state index contributed by atoms with van der Waals surface area (Å²) < 4.78 is 1.89. The number of nitrogens with two attached hydrogens (primary N) is 1. The van der Waals surface area contributed by atoms with Crippen LogP contribution in [-0.4, -0.2) is 9.78 Å². The molecule has 0 radical (unpaired) electrons. The summed E-state index contributed by atoms with van der Waals surface area (Å²) in [4.78, 5) is 1.19. The second kappa shape index (κ2) is 4.71. The quantitative estimate of drug-likeness (QED) is 0.739. The van der Waals surface area contributed by atoms with Gasteiger partial charge in [0.15, 0.2) is 0 Å². The zero-order valence-electron chi connectivity index (χ0n) is 13.0. The van der Waals surface area contributed by atoms with E-state index in [1.165, 1.54) is 16.2 Å². The van der Waals surface area contributed by atoms with Crippen molar-refractivity contribution < 1.29 is 0 Å². The van der Waals surface area contributed by atoms with E-state index in [1.807, 2.05) is 41.2 Å². The Bertz CT molecular complexity index is 942. The lowest BCUT2D eigenvalue weighted by atomic mass is 9.77. The Morgan fingerprint density at radius 1 is 1.30 bits per heavy atom. The number of para-hydroxylation sites is 1. The van der Waals surface area contributed by atoms with Gasteiger partial charge in [0, 0.05) is 34.0 Å². The number of benzene rings is 1. The van der Waals surface area contributed by atoms with Gasteiger partial charge in [0.05, 0.1) is 16.9 Å². The standard InChI is InChI=1S/C18H16N4S/c1-18(2)8-14-13(15-12(9-19)17(20)23-16(15)18)10-22(21-14)11-6-4-3-5-7-11/h3-7,10H,8,20H2,1-2H3. The van der Waals surface area contributed by atoms with E-state index in [1.54, 1.807) is 0 Å². The van der Waals surface area contributed by atoms with Crippen LogP contribution in [0.1, 0.15) is 30.0 Å². The van der Waals surface area contributed by atoms with Gasteiger partial charge in [0.1, 0.15) is 11.1 Å². The van der Waals surface area contributed by atoms with Gasteiger partial charge in [-0.3, -0.25) is 0 Å². The highest BCUT2D eigenvalue weighted by atomic mass is 32.1. The molecule has 0 spiro atoms. The van der Waals surface area contributed by atoms with Gasteiger partial charge in [-0.2, -0.15) is 10.4 Å². The number of thiophene rings is 1. The minimum Gasteiger partial charge on any atom is -0.389 e. The molecule has 1 aliphatic rings. The lowest BCUT2D eigenvalue weighted by molar-refractivity contribution is 0.518. The van der Waals surface area contributed by atoms with E-state index >= 15 is 0 Å². The summed E-state index contributed by atoms with van der Waals surface area (Å²) in [6.45, 7) is 4.38. The van der Waals surface area contributed by atoms with Crippen LogP contribution in [0.4, 0.5) is 5.00 Å². The molecule has 0 saturated heterocycles. The van der Waals surface area contributed by atoms with E-state index in [2.05, 4.69) is 19.9 Å². The molecule has 3 aromatic rings. The molecule has 1 aliphatic carbocycles. The summed E-state index contributed by atoms with van der Waals surface area (Å²) in [6.07, 6.45) is 2.87. The molecule has 114 valence electrons. The number of nitrogen functional groups attached to an aromatic ring is 1. The van der Waals surface area contributed by atoms with Gasteiger partial charge in [-0.15, -0.1) is 11.3 Å². The highest BCUT2D eigenvalue weighted by molar-refractivity contribution is 7.17. The second-order valence-corrected chi connectivity index (χ2v) is 7.54. The lowest BCUT2D eigenvalue weighted by Crippen LogP contribution is -2.24. The molecule has 2 heterocycles. The third-order valence-electron chi connectivity index (χ3n) is 4.35. The van der Waals surface area contributed by atoms with Crippen LogP contribution in [-0.2, 0) is 11.8 Å². The van der Waals surface area contributed by atoms with E-state index in [0.717, 1.165) is 28.9 Å². The first-order valence-corrected chi connectivity index (χ1v) is 8.30. The molecule has 0 bridgehead atoms. The van der Waals surface area contributed by atoms with Crippen molar-refractivity contribution in [3.05, 3.63) is 52.7 Å². The van der Waals surface area contributed by atoms with Crippen molar-refractivity contribution >= 4 is 16.3 Å². The Morgan fingerprint density at radius 3 is 2.74 bits per heavy atom. The molecule has 4 rings (SSSR count). The van der Waals surface area contributed by atoms with Gasteiger partial charge in [-0.1, -0.05) is 32.0 Å². The number of hydrogen-bond acceptors (Lipinski definition) is 4. The molecule has 4 nitrogen and oxygen atoms in total. The fourth-order valence-corrected chi connectivity index (χ4v) is 4.39. The molecule has 0 unspecified atom stereocenters. The van der Waals surface area contributed by atoms with E-state index in [4.69, 9.17) is 10.8 Å². The first-order valence-electron chi connectivity index (χ1n) is 7.48. The summed E-state index contributed by atoms with van der Waals surface area (Å²) in [6, 6.07) is 12.3. The summed E-state index contributed by atoms with van der Waals surface area (Å²) in [5, 5.41) is 14.9. The topological polar surface area (TPSA) is 67.6 Å². The Kier molecular flexibility index (Phi) is 2.87. The number of fused-ring (bicyclic) bond motifs is 3. The van der Waals surface area contributed by atoms with Crippen LogP contribution in [0.3, 0.4) is 0 Å². The molecule has 0 saturated carbocycles. The van der Waals surface area contributed by atoms with Gasteiger partial charge >= 0.3 is 0 Å². The summed E-state index contributed by atoms with van der Waals surface area (Å²) >= 11 is 1.54. The minimum atomic E-state index is -0.0634. The van der Waals surface area contributed by atoms with Crippen molar-refractivity contribution in [3.63, 3.8) is 0 Å². The van der Waals surface area contributed by atoms with Crippen LogP contribution < -0.4 is 5.73 Å². The molecular weight excluding hydrogens is 304 g/mol. The van der Waals surface area contributed by atoms with Crippen molar-refractivity contribution in [2.75, 3.05) is 5.73 Å². The van der Waals surface area contributed by atoms with Crippen LogP contribution in [0.15, 0.2) is 36.5 Å². The van der Waals surface area contributed by atoms with Crippen molar-refractivity contribution in [3.8, 4) is 22.9 Å². The highest BCUT2D eigenvalue weighted by Gasteiger charge is 2.37. The number of aromatic nitrogens is 2. The van der Waals surface area contributed by atoms with E-state index < -0.39 is 0 Å². The molecule has 0 atom stereocenters. The van der Waals surface area contributed by atoms with Crippen molar-refractivity contribution in [2.24, 2.45) is 0 Å². The average molecular weight is 320 g/mol. The maximum atomic E-state index is 9.53. The van der Waals surface area contributed by atoms with Crippen molar-refractivity contribution in [1.29, 1.82) is 5.26 Å². The van der Waals surface area contributed by atoms with Crippen LogP contribution in [0, 0.1) is 11.3 Å². The fourth-order valence-electron chi connectivity index (χ4n) is 3.25. The molecule has 5 heteroatoms. The van der Waals surface area contributed by atoms with Gasteiger partial charge in [-0.25, -0.2) is 4.68 Å². The van der Waals surface area contributed by atoms with Gasteiger partial charge in [-0.05, 0) is 12.1 Å². The number of nitriles is 1. The van der Waals surface area contributed by atoms with Crippen molar-refractivity contribution in [2.45, 2.75) is 25.7 Å². The third kappa shape index (κ3) is 1.99. The van der Waals surface area contributed by atoms with Crippen LogP contribution in [0.25, 0.3) is 16.8 Å². The first kappa shape index (κ1) is 14.0. The summed E-state index contributed by atoms with van der Waals surface area (Å²) in [5.41, 5.74) is 10.7. The number of rotatable bonds is 1. The molecule has 0 amide bonds. The van der Waals surface area contributed by atoms with Gasteiger partial charge in [0.25, 0.3) is 0 Å². The number of nitrogens with zero attached hydrogens (tertiary/aromatic N) is 3. The Labute approximate surface area is 138 Å². The predicted molar refractivity (Wildman–Crippen MR) is 92.7 cm³/mol. The lowest BCUT2D eigenvalue weighted by Gasteiger charge is -2.28. The zero-order valence-corrected chi connectivity index (χ0v) is 13.8. The highest BCUT2D eigenvalue weighted by Crippen LogP contribution is 2.50. The molecule has 2 N–H and O–H groups in total. The van der Waals surface area contributed by atoms with Crippen molar-refractivity contribution in [1.82, 2.24) is 9.78 Å². The van der Waals surface area contributed by atoms with Crippen LogP contribution in [0.2, 0.25) is 0 Å². The molecule has 0 fully saturated rings. The smallest absolute Gasteiger partial charge is 0.105 e. The molecular formula is C18H16N4S. The molecule has 0 aliphatic heterocycles. The zero-order chi connectivity index (χ0) is 16.2. The van der Waals surface area contributed by atoms with E-state index in [-0.39, 0.29) is 5.41 Å². The summed E-state index contributed by atoms with van der Waals surface area (Å²) in [7, 11) is 0. The first-order chi connectivity index (χ1) is 11.0. The molecule has 23 heavy (non-hydrogen) atoms. The number of hydrogen-bond donors (Lipinski definition) is 1. The Morgan fingerprint density at radius 2 is 2.04 bits per heavy atom. The average Bonchev–Trinajstić information content (AvgIpc) is 3.08. The Hall–Kier alpha value is -2.58. The fraction of sp³-hybridized carbons (Fsp3) is 0.222. The van der Waals surface area contributed by atoms with E-state index in [0.29, 0.717) is 10.6 Å². The predicted octanol–water partition coefficient (Wildman–Crippen LogP) is 3.89. The normalized spacial score (nSPS) is 14.8. The second-order valence-electron chi connectivity index (χ2n) is 6.49. The molecule has 2 aromatic heterocycles. The SMILES string of the molecule is CC1(C)Cc2nn(-c3ccccc3)cc2-c2c1sc(N)c2C#N. The third-order valence-corrected chi connectivity index (χ3v) is 5.74.